The molecule has 0 aromatic heterocycles. The van der Waals surface area contributed by atoms with Crippen molar-refractivity contribution >= 4 is 37.9 Å². The summed E-state index contributed by atoms with van der Waals surface area (Å²) in [5.41, 5.74) is 4.30. The van der Waals surface area contributed by atoms with E-state index in [4.69, 9.17) is 0 Å². The van der Waals surface area contributed by atoms with Crippen LogP contribution in [-0.2, 0) is 19.3 Å². The first kappa shape index (κ1) is 42.0. The van der Waals surface area contributed by atoms with Crippen molar-refractivity contribution in [3.8, 4) is 0 Å². The van der Waals surface area contributed by atoms with E-state index in [1.54, 1.807) is 0 Å². The quantitative estimate of drug-likeness (QED) is 0.134. The number of benzene rings is 3. The normalized spacial score (nSPS) is 9.38. The fraction of sp³-hybridized carbons (Fsp3) is 0.455. The topological polar surface area (TPSA) is 0 Å². The van der Waals surface area contributed by atoms with Crippen molar-refractivity contribution < 1.29 is 14.1 Å². The van der Waals surface area contributed by atoms with Gasteiger partial charge in [0.25, 0.3) is 0 Å². The van der Waals surface area contributed by atoms with Crippen LogP contribution in [0, 0.1) is 0 Å². The first-order valence-electron chi connectivity index (χ1n) is 13.8. The molecule has 0 nitrogen and oxygen atoms in total. The largest absolute Gasteiger partial charge is 0.269 e. The van der Waals surface area contributed by atoms with Crippen molar-refractivity contribution in [1.29, 1.82) is 0 Å². The Morgan fingerprint density at radius 2 is 0.564 bits per heavy atom. The maximum Gasteiger partial charge on any atom is 0.00401 e. The van der Waals surface area contributed by atoms with Crippen LogP contribution in [0.25, 0.3) is 0 Å². The average Bonchev–Trinajstić information content (AvgIpc) is 2.89. The van der Waals surface area contributed by atoms with E-state index in [0.29, 0.717) is 0 Å². The number of hydrogen-bond acceptors (Lipinski definition) is 3. The van der Waals surface area contributed by atoms with Gasteiger partial charge in [0.1, 0.15) is 0 Å². The maximum absolute atomic E-state index is 4.24. The molecule has 0 spiro atoms. The van der Waals surface area contributed by atoms with Crippen LogP contribution >= 0.6 is 37.9 Å². The molecule has 0 bridgehead atoms. The third-order valence-corrected chi connectivity index (χ3v) is 6.91. The Hall–Kier alpha value is -1.50. The van der Waals surface area contributed by atoms with E-state index < -0.39 is 0 Å². The molecule has 0 heterocycles. The second-order valence-electron chi connectivity index (χ2n) is 9.37. The summed E-state index contributed by atoms with van der Waals surface area (Å²) in [6, 6.07) is 25.3. The van der Waals surface area contributed by atoms with Gasteiger partial charge in [-0.05, 0) is 91.6 Å². The van der Waals surface area contributed by atoms with Crippen LogP contribution in [-0.4, -0.2) is 0 Å². The molecule has 3 aromatic carbocycles. The number of hydrogen-bond donors (Lipinski definition) is 3. The lowest BCUT2D eigenvalue weighted by Gasteiger charge is -1.99. The fourth-order valence-corrected chi connectivity index (χ4v) is 4.17. The first-order valence-corrected chi connectivity index (χ1v) is 15.2. The maximum atomic E-state index is 4.24. The minimum absolute atomic E-state index is 0. The Morgan fingerprint density at radius 1 is 0.359 bits per heavy atom. The highest BCUT2D eigenvalue weighted by Crippen LogP contribution is 2.12. The van der Waals surface area contributed by atoms with Crippen molar-refractivity contribution in [3.63, 3.8) is 0 Å². The van der Waals surface area contributed by atoms with E-state index in [1.807, 2.05) is 0 Å². The van der Waals surface area contributed by atoms with E-state index in [2.05, 4.69) is 131 Å². The average molecular weight is 601 g/mol. The molecule has 0 saturated heterocycles. The Labute approximate surface area is 253 Å². The SMILES string of the molecule is CCCCCc1ccc(S)cc1.CCCCCc1ccc(S)cc1.CCCCCc1ccc(S)cc1.F.F.F. The van der Waals surface area contributed by atoms with E-state index >= 15 is 0 Å². The second kappa shape index (κ2) is 28.0. The summed E-state index contributed by atoms with van der Waals surface area (Å²) in [5.74, 6) is 0. The van der Waals surface area contributed by atoms with E-state index in [9.17, 15) is 0 Å². The number of unbranched alkanes of at least 4 members (excludes halogenated alkanes) is 6. The zero-order valence-corrected chi connectivity index (χ0v) is 26.7. The smallest absolute Gasteiger partial charge is 0.00401 e. The summed E-state index contributed by atoms with van der Waals surface area (Å²) in [4.78, 5) is 3.15. The lowest BCUT2D eigenvalue weighted by molar-refractivity contribution is 0.717. The van der Waals surface area contributed by atoms with Gasteiger partial charge in [-0.25, -0.2) is 0 Å². The number of rotatable bonds is 12. The highest BCUT2D eigenvalue weighted by Gasteiger charge is 1.93. The number of aryl methyl sites for hydroxylation is 3. The standard InChI is InChI=1S/3C11H16S.3FH/c3*1-2-3-4-5-10-6-8-11(12)9-7-10;;;/h3*6-9,12H,2-5H2,1H3;3*1H. The zero-order valence-electron chi connectivity index (χ0n) is 24.0. The van der Waals surface area contributed by atoms with Gasteiger partial charge in [0, 0.05) is 14.7 Å². The van der Waals surface area contributed by atoms with Crippen molar-refractivity contribution in [3.05, 3.63) is 89.5 Å². The van der Waals surface area contributed by atoms with E-state index in [1.165, 1.54) is 93.7 Å². The highest BCUT2D eigenvalue weighted by molar-refractivity contribution is 7.80. The highest BCUT2D eigenvalue weighted by atomic mass is 32.1. The van der Waals surface area contributed by atoms with Crippen LogP contribution in [0.5, 0.6) is 0 Å². The number of halogens is 3. The predicted octanol–water partition coefficient (Wildman–Crippen LogP) is 11.6. The summed E-state index contributed by atoms with van der Waals surface area (Å²) in [6.45, 7) is 6.70. The molecule has 0 aliphatic carbocycles. The van der Waals surface area contributed by atoms with Crippen LogP contribution in [0.3, 0.4) is 0 Å². The lowest BCUT2D eigenvalue weighted by atomic mass is 10.1. The van der Waals surface area contributed by atoms with Crippen molar-refractivity contribution in [1.82, 2.24) is 0 Å². The summed E-state index contributed by atoms with van der Waals surface area (Å²) in [5, 5.41) is 0. The van der Waals surface area contributed by atoms with Gasteiger partial charge in [0.15, 0.2) is 0 Å². The van der Waals surface area contributed by atoms with Crippen LogP contribution in [0.4, 0.5) is 14.1 Å². The van der Waals surface area contributed by atoms with Crippen LogP contribution < -0.4 is 0 Å². The molecule has 222 valence electrons. The van der Waals surface area contributed by atoms with Crippen molar-refractivity contribution in [2.75, 3.05) is 0 Å². The van der Waals surface area contributed by atoms with Gasteiger partial charge in [0.2, 0.25) is 0 Å². The van der Waals surface area contributed by atoms with Gasteiger partial charge >= 0.3 is 0 Å². The number of thiol groups is 3. The van der Waals surface area contributed by atoms with Crippen molar-refractivity contribution in [2.24, 2.45) is 0 Å². The minimum Gasteiger partial charge on any atom is -0.269 e. The molecule has 0 fully saturated rings. The van der Waals surface area contributed by atoms with Gasteiger partial charge in [-0.15, -0.1) is 37.9 Å². The molecule has 3 aromatic rings. The summed E-state index contributed by atoms with van der Waals surface area (Å²) in [7, 11) is 0. The van der Waals surface area contributed by atoms with Gasteiger partial charge < -0.3 is 0 Å². The molecule has 6 heteroatoms. The Balaban J connectivity index is -0.000000480. The van der Waals surface area contributed by atoms with E-state index in [0.717, 1.165) is 14.7 Å². The fourth-order valence-electron chi connectivity index (χ4n) is 3.73. The lowest BCUT2D eigenvalue weighted by Crippen LogP contribution is -1.84. The summed E-state index contributed by atoms with van der Waals surface area (Å²) < 4.78 is 0. The van der Waals surface area contributed by atoms with Crippen molar-refractivity contribution in [2.45, 2.75) is 113 Å². The molecule has 0 N–H and O–H groups in total. The third-order valence-electron chi connectivity index (χ3n) is 6.02. The molecule has 0 radical (unpaired) electrons. The zero-order chi connectivity index (χ0) is 26.4. The predicted molar refractivity (Wildman–Crippen MR) is 178 cm³/mol. The molecule has 0 unspecified atom stereocenters. The summed E-state index contributed by atoms with van der Waals surface area (Å²) >= 11 is 12.7. The van der Waals surface area contributed by atoms with Gasteiger partial charge in [-0.2, -0.15) is 0 Å². The molecular weight excluding hydrogens is 550 g/mol. The molecular formula is C33H51F3S3. The third kappa shape index (κ3) is 23.0. The minimum atomic E-state index is 0. The summed E-state index contributed by atoms with van der Waals surface area (Å²) in [6.07, 6.45) is 15.5. The van der Waals surface area contributed by atoms with Crippen LogP contribution in [0.1, 0.15) is 95.2 Å². The second-order valence-corrected chi connectivity index (χ2v) is 10.9. The van der Waals surface area contributed by atoms with Crippen LogP contribution in [0.2, 0.25) is 0 Å². The monoisotopic (exact) mass is 600 g/mol. The molecule has 0 amide bonds. The van der Waals surface area contributed by atoms with Crippen LogP contribution in [0.15, 0.2) is 87.5 Å². The van der Waals surface area contributed by atoms with Gasteiger partial charge in [-0.1, -0.05) is 95.7 Å². The molecule has 0 aliphatic rings. The molecule has 0 saturated carbocycles. The van der Waals surface area contributed by atoms with E-state index in [-0.39, 0.29) is 14.1 Å². The molecule has 39 heavy (non-hydrogen) atoms. The van der Waals surface area contributed by atoms with Gasteiger partial charge in [0.05, 0.1) is 0 Å². The Bertz CT molecular complexity index is 777. The molecule has 3 rings (SSSR count). The Morgan fingerprint density at radius 3 is 0.744 bits per heavy atom. The molecule has 0 aliphatic heterocycles. The van der Waals surface area contributed by atoms with Gasteiger partial charge in [-0.3, -0.25) is 14.1 Å². The Kier molecular flexibility index (Phi) is 30.2. The molecule has 0 atom stereocenters. The first-order chi connectivity index (χ1) is 17.5.